The first-order valence-corrected chi connectivity index (χ1v) is 11.0. The number of pyridine rings is 1. The predicted molar refractivity (Wildman–Crippen MR) is 120 cm³/mol. The quantitative estimate of drug-likeness (QED) is 0.356. The minimum Gasteiger partial charge on any atom is -0.507 e. The van der Waals surface area contributed by atoms with E-state index in [9.17, 15) is 14.7 Å². The molecular weight excluding hydrogens is 420 g/mol. The van der Waals surface area contributed by atoms with E-state index in [4.69, 9.17) is 4.74 Å². The van der Waals surface area contributed by atoms with Crippen LogP contribution in [0.4, 0.5) is 0 Å². The number of aliphatic hydroxyl groups excluding tert-OH is 1. The molecule has 2 atom stereocenters. The Kier molecular flexibility index (Phi) is 5.42. The average molecular weight is 444 g/mol. The van der Waals surface area contributed by atoms with E-state index in [1.165, 1.54) is 0 Å². The highest BCUT2D eigenvalue weighted by Crippen LogP contribution is 2.40. The number of amides is 1. The summed E-state index contributed by atoms with van der Waals surface area (Å²) in [6.07, 6.45) is 9.94. The summed E-state index contributed by atoms with van der Waals surface area (Å²) in [6, 6.07) is 8.22. The maximum absolute atomic E-state index is 13.1. The van der Waals surface area contributed by atoms with Gasteiger partial charge in [-0.25, -0.2) is 4.98 Å². The molecule has 0 spiro atoms. The maximum atomic E-state index is 13.1. The summed E-state index contributed by atoms with van der Waals surface area (Å²) in [4.78, 5) is 35.8. The maximum Gasteiger partial charge on any atom is 0.295 e. The van der Waals surface area contributed by atoms with Crippen molar-refractivity contribution in [3.8, 4) is 5.75 Å². The standard InChI is InChI=1S/C25H24N4O4/c1-16-13-19-14-18(3-4-20(19)33-16)23(30)21-22(17-5-7-26-8-6-17)29(25(32)24(21)31)11-2-10-28-12-9-27-15-28/h3-9,12,14-16,22,30H,2,10-11,13H2,1H3/t16-,22+/m1/s1. The lowest BCUT2D eigenvalue weighted by Gasteiger charge is -2.25. The molecule has 3 aromatic rings. The van der Waals surface area contributed by atoms with Crippen molar-refractivity contribution in [3.63, 3.8) is 0 Å². The number of aryl methyl sites for hydroxylation is 1. The number of imidazole rings is 1. The number of fused-ring (bicyclic) bond motifs is 1. The Hall–Kier alpha value is -3.94. The Morgan fingerprint density at radius 2 is 1.94 bits per heavy atom. The monoisotopic (exact) mass is 444 g/mol. The molecule has 0 saturated carbocycles. The van der Waals surface area contributed by atoms with Gasteiger partial charge in [0.25, 0.3) is 11.7 Å². The van der Waals surface area contributed by atoms with Gasteiger partial charge in [-0.1, -0.05) is 0 Å². The van der Waals surface area contributed by atoms with Crippen LogP contribution in [0.3, 0.4) is 0 Å². The minimum absolute atomic E-state index is 0.0651. The lowest BCUT2D eigenvalue weighted by Crippen LogP contribution is -2.31. The highest BCUT2D eigenvalue weighted by molar-refractivity contribution is 6.46. The van der Waals surface area contributed by atoms with Gasteiger partial charge in [0.15, 0.2) is 0 Å². The number of hydrogen-bond acceptors (Lipinski definition) is 6. The Balaban J connectivity index is 1.51. The first kappa shape index (κ1) is 20.9. The van der Waals surface area contributed by atoms with Gasteiger partial charge in [-0.3, -0.25) is 14.6 Å². The second-order valence-corrected chi connectivity index (χ2v) is 8.38. The van der Waals surface area contributed by atoms with Gasteiger partial charge >= 0.3 is 0 Å². The fourth-order valence-corrected chi connectivity index (χ4v) is 4.57. The third-order valence-corrected chi connectivity index (χ3v) is 6.11. The van der Waals surface area contributed by atoms with E-state index in [1.807, 2.05) is 23.8 Å². The van der Waals surface area contributed by atoms with Gasteiger partial charge < -0.3 is 19.3 Å². The van der Waals surface area contributed by atoms with Gasteiger partial charge in [-0.15, -0.1) is 0 Å². The minimum atomic E-state index is -0.681. The molecule has 1 N–H and O–H groups in total. The van der Waals surface area contributed by atoms with Crippen molar-refractivity contribution < 1.29 is 19.4 Å². The first-order valence-electron chi connectivity index (χ1n) is 11.0. The molecule has 168 valence electrons. The van der Waals surface area contributed by atoms with E-state index in [1.54, 1.807) is 54.1 Å². The Labute approximate surface area is 191 Å². The van der Waals surface area contributed by atoms with Crippen LogP contribution < -0.4 is 4.74 Å². The summed E-state index contributed by atoms with van der Waals surface area (Å²) < 4.78 is 7.67. The van der Waals surface area contributed by atoms with Gasteiger partial charge in [0.1, 0.15) is 17.6 Å². The van der Waals surface area contributed by atoms with Crippen molar-refractivity contribution in [1.29, 1.82) is 0 Å². The molecule has 0 aliphatic carbocycles. The third-order valence-electron chi connectivity index (χ3n) is 6.11. The van der Waals surface area contributed by atoms with Crippen molar-refractivity contribution in [3.05, 3.63) is 83.7 Å². The number of Topliss-reactive ketones (excluding diaryl/α,β-unsaturated/α-hetero) is 1. The summed E-state index contributed by atoms with van der Waals surface area (Å²) in [7, 11) is 0. The molecule has 8 nitrogen and oxygen atoms in total. The molecule has 1 aromatic carbocycles. The van der Waals surface area contributed by atoms with E-state index in [2.05, 4.69) is 9.97 Å². The molecule has 8 heteroatoms. The molecule has 1 saturated heterocycles. The molecule has 0 radical (unpaired) electrons. The summed E-state index contributed by atoms with van der Waals surface area (Å²) >= 11 is 0. The summed E-state index contributed by atoms with van der Waals surface area (Å²) in [6.45, 7) is 3.01. The number of carbonyl (C=O) groups excluding carboxylic acids is 2. The molecule has 0 bridgehead atoms. The van der Waals surface area contributed by atoms with Crippen molar-refractivity contribution in [2.45, 2.75) is 38.5 Å². The number of ketones is 1. The van der Waals surface area contributed by atoms with E-state index >= 15 is 0 Å². The van der Waals surface area contributed by atoms with Crippen molar-refractivity contribution in [2.24, 2.45) is 0 Å². The number of likely N-dealkylation sites (tertiary alicyclic amines) is 1. The van der Waals surface area contributed by atoms with Crippen LogP contribution in [0.5, 0.6) is 5.75 Å². The second-order valence-electron chi connectivity index (χ2n) is 8.38. The first-order chi connectivity index (χ1) is 16.0. The molecule has 1 amide bonds. The fourth-order valence-electron chi connectivity index (χ4n) is 4.57. The van der Waals surface area contributed by atoms with Crippen LogP contribution in [0.25, 0.3) is 5.76 Å². The SMILES string of the molecule is C[C@@H]1Cc2cc(C(O)=C3C(=O)C(=O)N(CCCn4ccnc4)[C@H]3c3ccncc3)ccc2O1. The zero-order chi connectivity index (χ0) is 22.9. The number of benzene rings is 1. The molecule has 2 aliphatic rings. The largest absolute Gasteiger partial charge is 0.507 e. The Morgan fingerprint density at radius 3 is 2.70 bits per heavy atom. The van der Waals surface area contributed by atoms with Crippen molar-refractivity contribution in [2.75, 3.05) is 6.54 Å². The van der Waals surface area contributed by atoms with Crippen molar-refractivity contribution >= 4 is 17.4 Å². The fraction of sp³-hybridized carbons (Fsp3) is 0.280. The van der Waals surface area contributed by atoms with Crippen LogP contribution in [-0.2, 0) is 22.6 Å². The van der Waals surface area contributed by atoms with Crippen LogP contribution in [0.1, 0.15) is 36.1 Å². The van der Waals surface area contributed by atoms with Gasteiger partial charge in [0.2, 0.25) is 0 Å². The van der Waals surface area contributed by atoms with Gasteiger partial charge in [0, 0.05) is 49.9 Å². The predicted octanol–water partition coefficient (Wildman–Crippen LogP) is 3.11. The Bertz CT molecular complexity index is 1220. The van der Waals surface area contributed by atoms with Gasteiger partial charge in [-0.2, -0.15) is 0 Å². The lowest BCUT2D eigenvalue weighted by molar-refractivity contribution is -0.139. The highest BCUT2D eigenvalue weighted by atomic mass is 16.5. The van der Waals surface area contributed by atoms with Crippen LogP contribution >= 0.6 is 0 Å². The van der Waals surface area contributed by atoms with Crippen LogP contribution in [0, 0.1) is 0 Å². The number of rotatable bonds is 6. The number of aliphatic hydroxyl groups is 1. The number of carbonyl (C=O) groups is 2. The Morgan fingerprint density at radius 1 is 1.12 bits per heavy atom. The molecule has 1 fully saturated rings. The number of aromatic nitrogens is 3. The zero-order valence-electron chi connectivity index (χ0n) is 18.2. The topological polar surface area (TPSA) is 97.6 Å². The summed E-state index contributed by atoms with van der Waals surface area (Å²) in [5, 5.41) is 11.2. The number of ether oxygens (including phenoxy) is 1. The molecule has 0 unspecified atom stereocenters. The molecule has 2 aliphatic heterocycles. The second kappa shape index (κ2) is 8.54. The molecule has 4 heterocycles. The lowest BCUT2D eigenvalue weighted by atomic mass is 9.95. The third kappa shape index (κ3) is 3.88. The summed E-state index contributed by atoms with van der Waals surface area (Å²) in [5.41, 5.74) is 2.30. The van der Waals surface area contributed by atoms with E-state index < -0.39 is 17.7 Å². The van der Waals surface area contributed by atoms with Gasteiger partial charge in [-0.05, 0) is 54.8 Å². The highest BCUT2D eigenvalue weighted by Gasteiger charge is 2.45. The number of hydrogen-bond donors (Lipinski definition) is 1. The van der Waals surface area contributed by atoms with E-state index in [0.29, 0.717) is 25.1 Å². The normalized spacial score (nSPS) is 21.3. The van der Waals surface area contributed by atoms with Gasteiger partial charge in [0.05, 0.1) is 17.9 Å². The summed E-state index contributed by atoms with van der Waals surface area (Å²) in [5.74, 6) is -0.677. The van der Waals surface area contributed by atoms with Crippen LogP contribution in [0.15, 0.2) is 67.0 Å². The molecule has 5 rings (SSSR count). The molecule has 33 heavy (non-hydrogen) atoms. The molecule has 2 aromatic heterocycles. The smallest absolute Gasteiger partial charge is 0.295 e. The van der Waals surface area contributed by atoms with E-state index in [0.717, 1.165) is 23.3 Å². The van der Waals surface area contributed by atoms with Crippen molar-refractivity contribution in [1.82, 2.24) is 19.4 Å². The van der Waals surface area contributed by atoms with E-state index in [-0.39, 0.29) is 17.4 Å². The van der Waals surface area contributed by atoms with Crippen LogP contribution in [-0.4, -0.2) is 48.9 Å². The van der Waals surface area contributed by atoms with Crippen LogP contribution in [0.2, 0.25) is 0 Å². The molecular formula is C25H24N4O4. The average Bonchev–Trinajstić information content (AvgIpc) is 3.53. The zero-order valence-corrected chi connectivity index (χ0v) is 18.2. The number of nitrogens with zero attached hydrogens (tertiary/aromatic N) is 4.